The molecule has 1 atom stereocenters. The molecule has 1 aromatic rings. The van der Waals surface area contributed by atoms with Crippen LogP contribution in [0.2, 0.25) is 0 Å². The van der Waals surface area contributed by atoms with Gasteiger partial charge in [0.15, 0.2) is 0 Å². The van der Waals surface area contributed by atoms with Gasteiger partial charge in [0.1, 0.15) is 5.82 Å². The summed E-state index contributed by atoms with van der Waals surface area (Å²) in [7, 11) is 0. The van der Waals surface area contributed by atoms with Gasteiger partial charge in [0, 0.05) is 11.6 Å². The molecule has 0 aliphatic carbocycles. The molecule has 1 rings (SSSR count). The van der Waals surface area contributed by atoms with Gasteiger partial charge in [-0.2, -0.15) is 4.98 Å². The Morgan fingerprint density at radius 3 is 2.75 bits per heavy atom. The highest BCUT2D eigenvalue weighted by molar-refractivity contribution is 6.21. The minimum Gasteiger partial charge on any atom is -0.478 e. The lowest BCUT2D eigenvalue weighted by molar-refractivity contribution is 0.327. The molecule has 0 aromatic carbocycles. The molecular weight excluding hydrogens is 224 g/mol. The molecule has 0 saturated carbocycles. The second-order valence-electron chi connectivity index (χ2n) is 4.26. The molecule has 1 heterocycles. The van der Waals surface area contributed by atoms with Crippen LogP contribution in [-0.2, 0) is 0 Å². The van der Waals surface area contributed by atoms with Gasteiger partial charge in [0.05, 0.1) is 12.0 Å². The maximum atomic E-state index is 6.10. The molecule has 16 heavy (non-hydrogen) atoms. The fourth-order valence-corrected chi connectivity index (χ4v) is 1.20. The van der Waals surface area contributed by atoms with Crippen LogP contribution in [0.5, 0.6) is 5.88 Å². The minimum absolute atomic E-state index is 0.00468. The molecule has 1 N–H and O–H groups in total. The molecule has 0 bridgehead atoms. The van der Waals surface area contributed by atoms with Gasteiger partial charge in [-0.25, -0.2) is 0 Å². The molecule has 0 aliphatic heterocycles. The fourth-order valence-electron chi connectivity index (χ4n) is 1.14. The van der Waals surface area contributed by atoms with E-state index in [-0.39, 0.29) is 10.9 Å². The number of hydrogen-bond donors (Lipinski definition) is 1. The van der Waals surface area contributed by atoms with Crippen molar-refractivity contribution in [3.05, 3.63) is 18.2 Å². The highest BCUT2D eigenvalue weighted by Gasteiger charge is 2.24. The minimum atomic E-state index is -0.209. The van der Waals surface area contributed by atoms with Gasteiger partial charge in [-0.3, -0.25) is 0 Å². The standard InChI is InChI=1S/C12H19ClN2O/c1-5-16-11-8-6-7-10(14-11)15-12(3,4)9(2)13/h6-9H,5H2,1-4H3,(H,14,15). The van der Waals surface area contributed by atoms with Crippen LogP contribution >= 0.6 is 11.6 Å². The van der Waals surface area contributed by atoms with Crippen molar-refractivity contribution in [2.24, 2.45) is 0 Å². The maximum Gasteiger partial charge on any atom is 0.215 e. The number of aromatic nitrogens is 1. The number of halogens is 1. The second-order valence-corrected chi connectivity index (χ2v) is 4.91. The third-order valence-electron chi connectivity index (χ3n) is 2.46. The number of hydrogen-bond acceptors (Lipinski definition) is 3. The van der Waals surface area contributed by atoms with Gasteiger partial charge >= 0.3 is 0 Å². The smallest absolute Gasteiger partial charge is 0.215 e. The third-order valence-corrected chi connectivity index (χ3v) is 3.01. The van der Waals surface area contributed by atoms with E-state index in [1.54, 1.807) is 0 Å². The van der Waals surface area contributed by atoms with Crippen LogP contribution in [0.4, 0.5) is 5.82 Å². The monoisotopic (exact) mass is 242 g/mol. The molecule has 0 radical (unpaired) electrons. The predicted octanol–water partition coefficient (Wildman–Crippen LogP) is 3.30. The van der Waals surface area contributed by atoms with E-state index in [4.69, 9.17) is 16.3 Å². The van der Waals surface area contributed by atoms with Crippen molar-refractivity contribution in [2.75, 3.05) is 11.9 Å². The normalized spacial score (nSPS) is 13.3. The first kappa shape index (κ1) is 13.1. The van der Waals surface area contributed by atoms with Crippen LogP contribution in [0.25, 0.3) is 0 Å². The molecule has 0 fully saturated rings. The van der Waals surface area contributed by atoms with E-state index in [0.717, 1.165) is 5.82 Å². The largest absolute Gasteiger partial charge is 0.478 e. The van der Waals surface area contributed by atoms with Gasteiger partial charge in [0.2, 0.25) is 5.88 Å². The summed E-state index contributed by atoms with van der Waals surface area (Å²) in [4.78, 5) is 4.34. The molecule has 1 unspecified atom stereocenters. The van der Waals surface area contributed by atoms with Gasteiger partial charge in [0.25, 0.3) is 0 Å². The summed E-state index contributed by atoms with van der Waals surface area (Å²) < 4.78 is 5.34. The summed E-state index contributed by atoms with van der Waals surface area (Å²) in [5.41, 5.74) is -0.209. The number of nitrogens with zero attached hydrogens (tertiary/aromatic N) is 1. The van der Waals surface area contributed by atoms with E-state index in [2.05, 4.69) is 10.3 Å². The van der Waals surface area contributed by atoms with Gasteiger partial charge in [-0.05, 0) is 33.8 Å². The Labute approximate surface area is 102 Å². The number of anilines is 1. The number of ether oxygens (including phenoxy) is 1. The molecule has 0 saturated heterocycles. The van der Waals surface area contributed by atoms with E-state index < -0.39 is 0 Å². The van der Waals surface area contributed by atoms with Crippen LogP contribution in [0.15, 0.2) is 18.2 Å². The van der Waals surface area contributed by atoms with Gasteiger partial charge < -0.3 is 10.1 Å². The van der Waals surface area contributed by atoms with E-state index >= 15 is 0 Å². The highest BCUT2D eigenvalue weighted by Crippen LogP contribution is 2.21. The second kappa shape index (κ2) is 5.39. The summed E-state index contributed by atoms with van der Waals surface area (Å²) >= 11 is 6.10. The molecule has 3 nitrogen and oxygen atoms in total. The van der Waals surface area contributed by atoms with Crippen molar-refractivity contribution in [3.63, 3.8) is 0 Å². The molecule has 90 valence electrons. The molecule has 4 heteroatoms. The summed E-state index contributed by atoms with van der Waals surface area (Å²) in [6.45, 7) is 8.60. The van der Waals surface area contributed by atoms with E-state index in [9.17, 15) is 0 Å². The SMILES string of the molecule is CCOc1cccc(NC(C)(C)C(C)Cl)n1. The summed E-state index contributed by atoms with van der Waals surface area (Å²) in [6.07, 6.45) is 0. The first-order valence-corrected chi connectivity index (χ1v) is 5.91. The zero-order valence-corrected chi connectivity index (χ0v) is 11.0. The number of pyridine rings is 1. The molecule has 1 aromatic heterocycles. The van der Waals surface area contributed by atoms with E-state index in [1.165, 1.54) is 0 Å². The third kappa shape index (κ3) is 3.56. The van der Waals surface area contributed by atoms with Crippen molar-refractivity contribution in [1.82, 2.24) is 4.98 Å². The van der Waals surface area contributed by atoms with Crippen LogP contribution in [0.3, 0.4) is 0 Å². The number of rotatable bonds is 5. The number of alkyl halides is 1. The Balaban J connectivity index is 2.77. The first-order valence-electron chi connectivity index (χ1n) is 5.48. The Morgan fingerprint density at radius 2 is 2.19 bits per heavy atom. The van der Waals surface area contributed by atoms with Crippen molar-refractivity contribution in [2.45, 2.75) is 38.6 Å². The average molecular weight is 243 g/mol. The lowest BCUT2D eigenvalue weighted by Gasteiger charge is -2.29. The van der Waals surface area contributed by atoms with Crippen molar-refractivity contribution < 1.29 is 4.74 Å². The topological polar surface area (TPSA) is 34.1 Å². The number of nitrogens with one attached hydrogen (secondary N) is 1. The lowest BCUT2D eigenvalue weighted by Crippen LogP contribution is -2.39. The summed E-state index contributed by atoms with van der Waals surface area (Å²) in [5.74, 6) is 1.41. The van der Waals surface area contributed by atoms with E-state index in [0.29, 0.717) is 12.5 Å². The Kier molecular flexibility index (Phi) is 4.42. The van der Waals surface area contributed by atoms with Crippen molar-refractivity contribution >= 4 is 17.4 Å². The Hall–Kier alpha value is -0.960. The highest BCUT2D eigenvalue weighted by atomic mass is 35.5. The molecule has 0 aliphatic rings. The van der Waals surface area contributed by atoms with Crippen LogP contribution in [-0.4, -0.2) is 22.5 Å². The first-order chi connectivity index (χ1) is 7.45. The van der Waals surface area contributed by atoms with E-state index in [1.807, 2.05) is 45.9 Å². The predicted molar refractivity (Wildman–Crippen MR) is 68.4 cm³/mol. The molecular formula is C12H19ClN2O. The average Bonchev–Trinajstić information content (AvgIpc) is 2.17. The molecule has 0 spiro atoms. The Morgan fingerprint density at radius 1 is 1.50 bits per heavy atom. The summed E-state index contributed by atoms with van der Waals surface area (Å²) in [6, 6.07) is 5.66. The quantitative estimate of drug-likeness (QED) is 0.805. The van der Waals surface area contributed by atoms with Crippen molar-refractivity contribution in [3.8, 4) is 5.88 Å². The van der Waals surface area contributed by atoms with Gasteiger partial charge in [-0.15, -0.1) is 11.6 Å². The van der Waals surface area contributed by atoms with Crippen molar-refractivity contribution in [1.29, 1.82) is 0 Å². The van der Waals surface area contributed by atoms with Crippen LogP contribution in [0.1, 0.15) is 27.7 Å². The zero-order chi connectivity index (χ0) is 12.2. The Bertz CT molecular complexity index is 340. The lowest BCUT2D eigenvalue weighted by atomic mass is 10.0. The van der Waals surface area contributed by atoms with Crippen LogP contribution < -0.4 is 10.1 Å². The maximum absolute atomic E-state index is 6.10. The molecule has 0 amide bonds. The summed E-state index contributed by atoms with van der Waals surface area (Å²) in [5, 5.41) is 3.30. The van der Waals surface area contributed by atoms with Gasteiger partial charge in [-0.1, -0.05) is 6.07 Å². The zero-order valence-electron chi connectivity index (χ0n) is 10.2. The fraction of sp³-hybridized carbons (Fsp3) is 0.583. The van der Waals surface area contributed by atoms with Crippen LogP contribution in [0, 0.1) is 0 Å².